The number of anilines is 1. The number of fused-ring (bicyclic) bond motifs is 1. The minimum Gasteiger partial charge on any atom is -0.489 e. The minimum absolute atomic E-state index is 0.0339. The predicted molar refractivity (Wildman–Crippen MR) is 145 cm³/mol. The molecule has 1 amide bonds. The first kappa shape index (κ1) is 25.3. The van der Waals surface area contributed by atoms with E-state index in [1.807, 2.05) is 36.4 Å². The number of aromatic nitrogens is 1. The number of nitrogens with one attached hydrogen (secondary N) is 2. The zero-order valence-corrected chi connectivity index (χ0v) is 21.1. The average molecular weight is 550 g/mol. The number of benzene rings is 4. The first-order valence-electron chi connectivity index (χ1n) is 11.3. The van der Waals surface area contributed by atoms with Crippen molar-refractivity contribution in [1.82, 2.24) is 10.3 Å². The summed E-state index contributed by atoms with van der Waals surface area (Å²) in [6.45, 7) is 0.309. The summed E-state index contributed by atoms with van der Waals surface area (Å²) in [6, 6.07) is 23.1. The quantitative estimate of drug-likeness (QED) is 0.173. The fourth-order valence-electron chi connectivity index (χ4n) is 3.63. The van der Waals surface area contributed by atoms with Crippen LogP contribution in [0.3, 0.4) is 0 Å². The van der Waals surface area contributed by atoms with Crippen LogP contribution in [0, 0.1) is 11.6 Å². The molecular formula is C28H18ClF2N3O3S. The maximum atomic E-state index is 13.7. The van der Waals surface area contributed by atoms with Crippen LogP contribution in [-0.4, -0.2) is 16.0 Å². The summed E-state index contributed by atoms with van der Waals surface area (Å²) >= 11 is 11.3. The predicted octanol–water partition coefficient (Wildman–Crippen LogP) is 7.13. The topological polar surface area (TPSA) is 76.4 Å². The Hall–Kier alpha value is -4.34. The van der Waals surface area contributed by atoms with Crippen LogP contribution in [0.1, 0.15) is 15.9 Å². The fraction of sp³-hybridized carbons (Fsp3) is 0.0357. The molecular weight excluding hydrogens is 532 g/mol. The molecule has 0 aliphatic carbocycles. The number of carbonyl (C=O) groups excluding carboxylic acids is 1. The molecule has 0 spiro atoms. The Balaban J connectivity index is 1.24. The zero-order valence-electron chi connectivity index (χ0n) is 19.5. The van der Waals surface area contributed by atoms with Crippen molar-refractivity contribution in [3.8, 4) is 17.2 Å². The Kier molecular flexibility index (Phi) is 7.30. The monoisotopic (exact) mass is 549 g/mol. The van der Waals surface area contributed by atoms with E-state index in [1.165, 1.54) is 0 Å². The molecule has 0 aliphatic rings. The molecule has 6 nitrogen and oxygen atoms in total. The van der Waals surface area contributed by atoms with E-state index in [-0.39, 0.29) is 27.5 Å². The number of para-hydroxylation sites is 1. The van der Waals surface area contributed by atoms with Gasteiger partial charge in [-0.15, -0.1) is 0 Å². The molecule has 0 unspecified atom stereocenters. The van der Waals surface area contributed by atoms with Gasteiger partial charge in [0.05, 0.1) is 10.6 Å². The van der Waals surface area contributed by atoms with Gasteiger partial charge in [-0.05, 0) is 72.4 Å². The van der Waals surface area contributed by atoms with Crippen molar-refractivity contribution >= 4 is 51.6 Å². The second kappa shape index (κ2) is 11.0. The molecule has 5 aromatic rings. The zero-order chi connectivity index (χ0) is 26.6. The molecule has 2 N–H and O–H groups in total. The maximum absolute atomic E-state index is 13.7. The van der Waals surface area contributed by atoms with Gasteiger partial charge in [0, 0.05) is 11.3 Å². The number of hydrogen-bond acceptors (Lipinski definition) is 5. The van der Waals surface area contributed by atoms with Gasteiger partial charge in [0.2, 0.25) is 5.89 Å². The van der Waals surface area contributed by atoms with Gasteiger partial charge in [-0.3, -0.25) is 10.1 Å². The Morgan fingerprint density at radius 2 is 1.76 bits per heavy atom. The summed E-state index contributed by atoms with van der Waals surface area (Å²) in [5.41, 5.74) is 2.72. The molecule has 4 aromatic carbocycles. The average Bonchev–Trinajstić information content (AvgIpc) is 3.33. The fourth-order valence-corrected chi connectivity index (χ4v) is 4.07. The standard InChI is InChI=1S/C28H18ClF2N3O3S/c29-21-14-23(31)22(30)13-20(21)27-33-24-12-18(9-10-25(24)37-27)32-28(38)34-26(35)17-6-4-5-16(11-17)15-36-19-7-2-1-3-8-19/h1-14H,15H2,(H2,32,34,35,38). The summed E-state index contributed by atoms with van der Waals surface area (Å²) < 4.78 is 38.5. The van der Waals surface area contributed by atoms with Crippen LogP contribution < -0.4 is 15.4 Å². The molecule has 0 aliphatic heterocycles. The largest absolute Gasteiger partial charge is 0.489 e. The molecule has 0 bridgehead atoms. The first-order chi connectivity index (χ1) is 18.4. The van der Waals surface area contributed by atoms with E-state index in [2.05, 4.69) is 15.6 Å². The summed E-state index contributed by atoms with van der Waals surface area (Å²) in [5.74, 6) is -1.75. The van der Waals surface area contributed by atoms with E-state index in [0.29, 0.717) is 29.0 Å². The number of amides is 1. The third kappa shape index (κ3) is 5.80. The summed E-state index contributed by atoms with van der Waals surface area (Å²) in [4.78, 5) is 17.1. The lowest BCUT2D eigenvalue weighted by atomic mass is 10.1. The number of nitrogens with zero attached hydrogens (tertiary/aromatic N) is 1. The highest BCUT2D eigenvalue weighted by molar-refractivity contribution is 7.80. The number of ether oxygens (including phenoxy) is 1. The van der Waals surface area contributed by atoms with Crippen molar-refractivity contribution in [1.29, 1.82) is 0 Å². The SMILES string of the molecule is O=C(NC(=S)Nc1ccc2oc(-c3cc(F)c(F)cc3Cl)nc2c1)c1cccc(COc2ccccc2)c1. The minimum atomic E-state index is -1.07. The van der Waals surface area contributed by atoms with Gasteiger partial charge in [0.25, 0.3) is 5.91 Å². The highest BCUT2D eigenvalue weighted by Crippen LogP contribution is 2.32. The number of halogens is 3. The summed E-state index contributed by atoms with van der Waals surface area (Å²) in [7, 11) is 0. The summed E-state index contributed by atoms with van der Waals surface area (Å²) in [6.07, 6.45) is 0. The number of hydrogen-bond donors (Lipinski definition) is 2. The molecule has 0 fully saturated rings. The molecule has 10 heteroatoms. The van der Waals surface area contributed by atoms with Crippen LogP contribution in [0.25, 0.3) is 22.6 Å². The lowest BCUT2D eigenvalue weighted by Gasteiger charge is -2.11. The van der Waals surface area contributed by atoms with Crippen molar-refractivity contribution < 1.29 is 22.7 Å². The number of oxazole rings is 1. The van der Waals surface area contributed by atoms with Crippen LogP contribution in [-0.2, 0) is 6.61 Å². The van der Waals surface area contributed by atoms with Crippen molar-refractivity contribution in [2.45, 2.75) is 6.61 Å². The first-order valence-corrected chi connectivity index (χ1v) is 12.1. The van der Waals surface area contributed by atoms with Crippen LogP contribution in [0.5, 0.6) is 5.75 Å². The number of rotatable bonds is 6. The third-order valence-electron chi connectivity index (χ3n) is 5.45. The van der Waals surface area contributed by atoms with E-state index in [9.17, 15) is 13.6 Å². The van der Waals surface area contributed by atoms with Crippen LogP contribution in [0.4, 0.5) is 14.5 Å². The van der Waals surface area contributed by atoms with Crippen molar-refractivity contribution in [3.05, 3.63) is 113 Å². The van der Waals surface area contributed by atoms with Crippen molar-refractivity contribution in [3.63, 3.8) is 0 Å². The van der Waals surface area contributed by atoms with Crippen LogP contribution in [0.2, 0.25) is 5.02 Å². The van der Waals surface area contributed by atoms with Gasteiger partial charge >= 0.3 is 0 Å². The maximum Gasteiger partial charge on any atom is 0.257 e. The van der Waals surface area contributed by atoms with Crippen molar-refractivity contribution in [2.24, 2.45) is 0 Å². The van der Waals surface area contributed by atoms with E-state index in [4.69, 9.17) is 33.0 Å². The lowest BCUT2D eigenvalue weighted by Crippen LogP contribution is -2.34. The van der Waals surface area contributed by atoms with Gasteiger partial charge < -0.3 is 14.5 Å². The van der Waals surface area contributed by atoms with Gasteiger partial charge in [0.15, 0.2) is 22.3 Å². The molecule has 5 rings (SSSR count). The Labute approximate surface area is 226 Å². The molecule has 1 heterocycles. The molecule has 0 atom stereocenters. The summed E-state index contributed by atoms with van der Waals surface area (Å²) in [5, 5.41) is 5.62. The van der Waals surface area contributed by atoms with Gasteiger partial charge in [-0.1, -0.05) is 41.9 Å². The van der Waals surface area contributed by atoms with E-state index in [0.717, 1.165) is 23.4 Å². The second-order valence-electron chi connectivity index (χ2n) is 8.16. The number of thiocarbonyl (C=S) groups is 1. The normalized spacial score (nSPS) is 10.8. The smallest absolute Gasteiger partial charge is 0.257 e. The van der Waals surface area contributed by atoms with E-state index in [1.54, 1.807) is 36.4 Å². The van der Waals surface area contributed by atoms with Crippen molar-refractivity contribution in [2.75, 3.05) is 5.32 Å². The van der Waals surface area contributed by atoms with Crippen LogP contribution in [0.15, 0.2) is 89.3 Å². The van der Waals surface area contributed by atoms with Gasteiger partial charge in [-0.25, -0.2) is 13.8 Å². The third-order valence-corrected chi connectivity index (χ3v) is 5.97. The van der Waals surface area contributed by atoms with Gasteiger partial charge in [0.1, 0.15) is 17.9 Å². The molecule has 1 aromatic heterocycles. The molecule has 0 saturated heterocycles. The molecule has 0 saturated carbocycles. The van der Waals surface area contributed by atoms with Crippen LogP contribution >= 0.6 is 23.8 Å². The Morgan fingerprint density at radius 3 is 2.58 bits per heavy atom. The molecule has 38 heavy (non-hydrogen) atoms. The van der Waals surface area contributed by atoms with Gasteiger partial charge in [-0.2, -0.15) is 0 Å². The highest BCUT2D eigenvalue weighted by atomic mass is 35.5. The molecule has 190 valence electrons. The highest BCUT2D eigenvalue weighted by Gasteiger charge is 2.16. The molecule has 0 radical (unpaired) electrons. The van der Waals surface area contributed by atoms with E-state index >= 15 is 0 Å². The Morgan fingerprint density at radius 1 is 0.974 bits per heavy atom. The Bertz CT molecular complexity index is 1660. The second-order valence-corrected chi connectivity index (χ2v) is 8.97. The number of carbonyl (C=O) groups is 1. The van der Waals surface area contributed by atoms with E-state index < -0.39 is 11.6 Å². The lowest BCUT2D eigenvalue weighted by molar-refractivity contribution is 0.0977.